The van der Waals surface area contributed by atoms with Crippen LogP contribution in [0.1, 0.15) is 32.6 Å². The lowest BCUT2D eigenvalue weighted by Crippen LogP contribution is -2.11. The Kier molecular flexibility index (Phi) is 5.63. The molecule has 0 spiro atoms. The minimum absolute atomic E-state index is 0.0308. The Bertz CT molecular complexity index is 972. The van der Waals surface area contributed by atoms with Gasteiger partial charge in [0.2, 0.25) is 5.88 Å². The lowest BCUT2D eigenvalue weighted by molar-refractivity contribution is -0.139. The summed E-state index contributed by atoms with van der Waals surface area (Å²) < 4.78 is 45.7. The highest BCUT2D eigenvalue weighted by atomic mass is 19.4. The predicted molar refractivity (Wildman–Crippen MR) is 96.2 cm³/mol. The number of halogens is 3. The van der Waals surface area contributed by atoms with Crippen LogP contribution in [-0.4, -0.2) is 16.1 Å². The Morgan fingerprint density at radius 1 is 0.964 bits per heavy atom. The topological polar surface area (TPSA) is 59.4 Å². The third-order valence-electron chi connectivity index (χ3n) is 4.01. The molecule has 3 rings (SSSR count). The number of nitrogens with zero attached hydrogens (tertiary/aromatic N) is 1. The zero-order chi connectivity index (χ0) is 20.1. The lowest BCUT2D eigenvalue weighted by atomic mass is 10.0. The molecule has 0 aliphatic heterocycles. The molecule has 1 aromatic heterocycles. The fourth-order valence-electron chi connectivity index (χ4n) is 2.69. The van der Waals surface area contributed by atoms with Gasteiger partial charge in [0, 0.05) is 6.20 Å². The van der Waals surface area contributed by atoms with Crippen molar-refractivity contribution < 1.29 is 27.8 Å². The molecule has 144 valence electrons. The number of carboxylic acids is 1. The molecule has 0 fully saturated rings. The largest absolute Gasteiger partial charge is 0.478 e. The average Bonchev–Trinajstić information content (AvgIpc) is 2.67. The zero-order valence-electron chi connectivity index (χ0n) is 14.6. The summed E-state index contributed by atoms with van der Waals surface area (Å²) >= 11 is 0. The Hall–Kier alpha value is -3.35. The Morgan fingerprint density at radius 2 is 1.68 bits per heavy atom. The molecule has 1 N–H and O–H groups in total. The molecule has 0 aliphatic rings. The van der Waals surface area contributed by atoms with E-state index in [-0.39, 0.29) is 18.6 Å². The Labute approximate surface area is 159 Å². The highest BCUT2D eigenvalue weighted by Gasteiger charge is 2.35. The van der Waals surface area contributed by atoms with Crippen LogP contribution in [-0.2, 0) is 19.2 Å². The van der Waals surface area contributed by atoms with E-state index in [1.165, 1.54) is 18.3 Å². The highest BCUT2D eigenvalue weighted by molar-refractivity contribution is 5.87. The molecule has 0 saturated carbocycles. The van der Waals surface area contributed by atoms with Crippen molar-refractivity contribution in [3.63, 3.8) is 0 Å². The molecule has 28 heavy (non-hydrogen) atoms. The summed E-state index contributed by atoms with van der Waals surface area (Å²) in [6.45, 7) is -0.0308. The van der Waals surface area contributed by atoms with Crippen LogP contribution in [0.15, 0.2) is 66.9 Å². The summed E-state index contributed by atoms with van der Waals surface area (Å²) in [7, 11) is 0. The average molecular weight is 387 g/mol. The number of carboxylic acid groups (broad SMARTS) is 1. The van der Waals surface area contributed by atoms with Crippen molar-refractivity contribution in [3.05, 3.63) is 94.7 Å². The van der Waals surface area contributed by atoms with Crippen LogP contribution in [0.4, 0.5) is 13.2 Å². The second kappa shape index (κ2) is 8.12. The van der Waals surface area contributed by atoms with Gasteiger partial charge in [0.25, 0.3) is 0 Å². The normalized spacial score (nSPS) is 11.2. The number of pyridine rings is 1. The molecule has 7 heteroatoms. The van der Waals surface area contributed by atoms with Crippen LogP contribution in [0.25, 0.3) is 0 Å². The second-order valence-electron chi connectivity index (χ2n) is 6.15. The van der Waals surface area contributed by atoms with Gasteiger partial charge < -0.3 is 9.84 Å². The Balaban J connectivity index is 1.84. The van der Waals surface area contributed by atoms with E-state index in [0.29, 0.717) is 11.1 Å². The van der Waals surface area contributed by atoms with Gasteiger partial charge in [0.1, 0.15) is 12.2 Å². The van der Waals surface area contributed by atoms with Crippen LogP contribution >= 0.6 is 0 Å². The molecule has 0 radical (unpaired) electrons. The van der Waals surface area contributed by atoms with Gasteiger partial charge >= 0.3 is 12.1 Å². The molecule has 0 unspecified atom stereocenters. The molecular formula is C21H16F3NO3. The first kappa shape index (κ1) is 19.4. The molecule has 0 saturated heterocycles. The first-order chi connectivity index (χ1) is 13.3. The smallest absolute Gasteiger partial charge is 0.421 e. The highest BCUT2D eigenvalue weighted by Crippen LogP contribution is 2.36. The van der Waals surface area contributed by atoms with Crippen molar-refractivity contribution in [2.45, 2.75) is 19.2 Å². The number of hydrogen-bond donors (Lipinski definition) is 1. The van der Waals surface area contributed by atoms with E-state index in [2.05, 4.69) is 4.98 Å². The van der Waals surface area contributed by atoms with Crippen molar-refractivity contribution in [1.82, 2.24) is 4.98 Å². The van der Waals surface area contributed by atoms with Crippen molar-refractivity contribution in [2.75, 3.05) is 0 Å². The molecule has 1 heterocycles. The molecule has 0 bridgehead atoms. The third-order valence-corrected chi connectivity index (χ3v) is 4.01. The van der Waals surface area contributed by atoms with Crippen LogP contribution in [0.5, 0.6) is 5.88 Å². The fourth-order valence-corrected chi connectivity index (χ4v) is 2.69. The van der Waals surface area contributed by atoms with E-state index in [9.17, 15) is 18.0 Å². The predicted octanol–water partition coefficient (Wildman–Crippen LogP) is 4.97. The van der Waals surface area contributed by atoms with Crippen LogP contribution in [0.2, 0.25) is 0 Å². The van der Waals surface area contributed by atoms with Gasteiger partial charge in [-0.3, -0.25) is 0 Å². The molecule has 4 nitrogen and oxygen atoms in total. The number of carbonyl (C=O) groups is 1. The number of hydrogen-bond acceptors (Lipinski definition) is 3. The maximum atomic E-state index is 13.5. The van der Waals surface area contributed by atoms with Crippen LogP contribution in [0, 0.1) is 0 Å². The molecule has 0 atom stereocenters. The number of ether oxygens (including phenoxy) is 1. The van der Waals surface area contributed by atoms with Crippen LogP contribution < -0.4 is 4.74 Å². The van der Waals surface area contributed by atoms with E-state index < -0.39 is 23.6 Å². The standard InChI is InChI=1S/C21H16F3NO3/c22-21(23,24)18-11-16(9-15-7-4-8-17(10-15)20(26)27)12-25-19(18)28-13-14-5-2-1-3-6-14/h1-8,10-12H,9,13H2,(H,26,27). The summed E-state index contributed by atoms with van der Waals surface area (Å²) in [6, 6.07) is 15.9. The van der Waals surface area contributed by atoms with Gasteiger partial charge in [-0.1, -0.05) is 42.5 Å². The van der Waals surface area contributed by atoms with Gasteiger partial charge in [0.05, 0.1) is 5.56 Å². The number of rotatable bonds is 6. The van der Waals surface area contributed by atoms with E-state index >= 15 is 0 Å². The van der Waals surface area contributed by atoms with Crippen molar-refractivity contribution in [3.8, 4) is 5.88 Å². The molecule has 0 amide bonds. The van der Waals surface area contributed by atoms with E-state index in [1.54, 1.807) is 42.5 Å². The van der Waals surface area contributed by atoms with E-state index in [4.69, 9.17) is 9.84 Å². The second-order valence-corrected chi connectivity index (χ2v) is 6.15. The van der Waals surface area contributed by atoms with E-state index in [0.717, 1.165) is 11.6 Å². The third kappa shape index (κ3) is 4.88. The van der Waals surface area contributed by atoms with Gasteiger partial charge in [-0.15, -0.1) is 0 Å². The number of benzene rings is 2. The minimum Gasteiger partial charge on any atom is -0.478 e. The SMILES string of the molecule is O=C(O)c1cccc(Cc2cnc(OCc3ccccc3)c(C(F)(F)F)c2)c1. The lowest BCUT2D eigenvalue weighted by Gasteiger charge is -2.14. The summed E-state index contributed by atoms with van der Waals surface area (Å²) in [5.41, 5.74) is 0.723. The van der Waals surface area contributed by atoms with Crippen molar-refractivity contribution in [2.24, 2.45) is 0 Å². The summed E-state index contributed by atoms with van der Waals surface area (Å²) in [5.74, 6) is -1.58. The Morgan fingerprint density at radius 3 is 2.36 bits per heavy atom. The molecular weight excluding hydrogens is 371 g/mol. The van der Waals surface area contributed by atoms with E-state index in [1.807, 2.05) is 0 Å². The fraction of sp³-hybridized carbons (Fsp3) is 0.143. The maximum Gasteiger partial charge on any atom is 0.421 e. The number of aromatic nitrogens is 1. The van der Waals surface area contributed by atoms with Gasteiger partial charge in [0.15, 0.2) is 0 Å². The van der Waals surface area contributed by atoms with Gasteiger partial charge in [-0.2, -0.15) is 13.2 Å². The maximum absolute atomic E-state index is 13.5. The first-order valence-corrected chi connectivity index (χ1v) is 8.38. The molecule has 2 aromatic carbocycles. The summed E-state index contributed by atoms with van der Waals surface area (Å²) in [5, 5.41) is 9.04. The first-order valence-electron chi connectivity index (χ1n) is 8.38. The summed E-state index contributed by atoms with van der Waals surface area (Å²) in [6.07, 6.45) is -3.20. The van der Waals surface area contributed by atoms with Crippen LogP contribution in [0.3, 0.4) is 0 Å². The number of alkyl halides is 3. The molecule has 3 aromatic rings. The van der Waals surface area contributed by atoms with Crippen molar-refractivity contribution >= 4 is 5.97 Å². The number of aromatic carboxylic acids is 1. The van der Waals surface area contributed by atoms with Gasteiger partial charge in [-0.25, -0.2) is 9.78 Å². The quantitative estimate of drug-likeness (QED) is 0.649. The van der Waals surface area contributed by atoms with Crippen molar-refractivity contribution in [1.29, 1.82) is 0 Å². The van der Waals surface area contributed by atoms with Gasteiger partial charge in [-0.05, 0) is 41.3 Å². The minimum atomic E-state index is -4.63. The summed E-state index contributed by atoms with van der Waals surface area (Å²) in [4.78, 5) is 14.9. The zero-order valence-corrected chi connectivity index (χ0v) is 14.6. The monoisotopic (exact) mass is 387 g/mol. The molecule has 0 aliphatic carbocycles.